The number of nitrogens with zero attached hydrogens (tertiary/aromatic N) is 1. The van der Waals surface area contributed by atoms with Gasteiger partial charge in [0.25, 0.3) is 0 Å². The molecule has 1 aliphatic carbocycles. The third kappa shape index (κ3) is 3.89. The fraction of sp³-hybridized carbons (Fsp3) is 0.423. The monoisotopic (exact) mass is 404 g/mol. The van der Waals surface area contributed by atoms with Crippen LogP contribution in [0.3, 0.4) is 0 Å². The van der Waals surface area contributed by atoms with Crippen molar-refractivity contribution in [2.75, 3.05) is 14.1 Å². The summed E-state index contributed by atoms with van der Waals surface area (Å²) in [4.78, 5) is 17.1. The van der Waals surface area contributed by atoms with Crippen LogP contribution < -0.4 is 0 Å². The van der Waals surface area contributed by atoms with Crippen molar-refractivity contribution in [3.63, 3.8) is 0 Å². The predicted octanol–water partition coefficient (Wildman–Crippen LogP) is 5.69. The topological polar surface area (TPSA) is 56.3 Å². The van der Waals surface area contributed by atoms with Crippen molar-refractivity contribution in [3.05, 3.63) is 71.4 Å². The molecule has 1 heterocycles. The molecule has 1 fully saturated rings. The maximum absolute atomic E-state index is 11.0. The lowest BCUT2D eigenvalue weighted by molar-refractivity contribution is -0.137. The second-order valence-corrected chi connectivity index (χ2v) is 8.88. The minimum absolute atomic E-state index is 0.0905. The number of carboxylic acid groups (broad SMARTS) is 1. The highest BCUT2D eigenvalue weighted by Crippen LogP contribution is 2.47. The van der Waals surface area contributed by atoms with Crippen LogP contribution in [0.15, 0.2) is 54.6 Å². The Morgan fingerprint density at radius 1 is 1.07 bits per heavy atom. The van der Waals surface area contributed by atoms with Crippen LogP contribution in [0.25, 0.3) is 10.9 Å². The first-order valence-corrected chi connectivity index (χ1v) is 11.1. The molecule has 3 aromatic rings. The number of fused-ring (bicyclic) bond motifs is 1. The third-order valence-electron chi connectivity index (χ3n) is 7.05. The highest BCUT2D eigenvalue weighted by atomic mass is 16.4. The Morgan fingerprint density at radius 3 is 2.40 bits per heavy atom. The van der Waals surface area contributed by atoms with Crippen molar-refractivity contribution >= 4 is 16.9 Å². The molecule has 0 aliphatic heterocycles. The lowest BCUT2D eigenvalue weighted by Gasteiger charge is -2.45. The van der Waals surface area contributed by atoms with Crippen molar-refractivity contribution in [3.8, 4) is 0 Å². The fourth-order valence-electron chi connectivity index (χ4n) is 5.38. The molecule has 30 heavy (non-hydrogen) atoms. The van der Waals surface area contributed by atoms with Gasteiger partial charge < -0.3 is 10.1 Å². The van der Waals surface area contributed by atoms with Gasteiger partial charge in [-0.15, -0.1) is 0 Å². The van der Waals surface area contributed by atoms with Crippen molar-refractivity contribution < 1.29 is 9.90 Å². The minimum atomic E-state index is -0.715. The number of aromatic nitrogens is 1. The van der Waals surface area contributed by atoms with Gasteiger partial charge in [-0.3, -0.25) is 9.69 Å². The van der Waals surface area contributed by atoms with Gasteiger partial charge in [-0.25, -0.2) is 0 Å². The number of benzene rings is 2. The van der Waals surface area contributed by atoms with Gasteiger partial charge in [-0.05, 0) is 75.7 Å². The SMILES string of the molecule is CN(C)C1(c2ccccc2)CCC(c2[nH]c3ccccc3c2CCCC(=O)O)CC1. The molecule has 1 aromatic heterocycles. The van der Waals surface area contributed by atoms with Gasteiger partial charge in [0.05, 0.1) is 0 Å². The van der Waals surface area contributed by atoms with Gasteiger partial charge >= 0.3 is 5.97 Å². The zero-order valence-electron chi connectivity index (χ0n) is 18.0. The number of hydrogen-bond donors (Lipinski definition) is 2. The van der Waals surface area contributed by atoms with E-state index in [-0.39, 0.29) is 12.0 Å². The molecule has 4 heteroatoms. The summed E-state index contributed by atoms with van der Waals surface area (Å²) < 4.78 is 0. The van der Waals surface area contributed by atoms with E-state index >= 15 is 0 Å². The van der Waals surface area contributed by atoms with E-state index in [4.69, 9.17) is 5.11 Å². The average Bonchev–Trinajstić information content (AvgIpc) is 3.13. The van der Waals surface area contributed by atoms with Crippen LogP contribution in [0.5, 0.6) is 0 Å². The highest BCUT2D eigenvalue weighted by molar-refractivity contribution is 5.85. The second kappa shape index (κ2) is 8.65. The van der Waals surface area contributed by atoms with E-state index in [0.29, 0.717) is 12.3 Å². The molecule has 0 atom stereocenters. The summed E-state index contributed by atoms with van der Waals surface area (Å²) in [7, 11) is 4.40. The van der Waals surface area contributed by atoms with Crippen molar-refractivity contribution in [2.45, 2.75) is 56.4 Å². The molecular weight excluding hydrogens is 372 g/mol. The summed E-state index contributed by atoms with van der Waals surface area (Å²) in [5.41, 5.74) is 5.33. The first-order valence-electron chi connectivity index (χ1n) is 11.1. The van der Waals surface area contributed by atoms with E-state index in [0.717, 1.165) is 32.1 Å². The summed E-state index contributed by atoms with van der Waals surface area (Å²) in [5, 5.41) is 10.3. The van der Waals surface area contributed by atoms with E-state index in [1.807, 2.05) is 0 Å². The number of para-hydroxylation sites is 1. The lowest BCUT2D eigenvalue weighted by Crippen LogP contribution is -2.44. The summed E-state index contributed by atoms with van der Waals surface area (Å²) in [5.74, 6) is -0.221. The van der Waals surface area contributed by atoms with Gasteiger partial charge in [0, 0.05) is 28.6 Å². The molecule has 0 radical (unpaired) electrons. The van der Waals surface area contributed by atoms with Crippen LogP contribution >= 0.6 is 0 Å². The Labute approximate surface area is 178 Å². The minimum Gasteiger partial charge on any atom is -0.481 e. The Morgan fingerprint density at radius 2 is 1.73 bits per heavy atom. The van der Waals surface area contributed by atoms with Gasteiger partial charge in [-0.1, -0.05) is 48.5 Å². The second-order valence-electron chi connectivity index (χ2n) is 8.88. The fourth-order valence-corrected chi connectivity index (χ4v) is 5.38. The number of H-pyrrole nitrogens is 1. The number of nitrogens with one attached hydrogen (secondary N) is 1. The summed E-state index contributed by atoms with van der Waals surface area (Å²) in [6, 6.07) is 19.4. The molecule has 4 nitrogen and oxygen atoms in total. The Bertz CT molecular complexity index is 998. The third-order valence-corrected chi connectivity index (χ3v) is 7.05. The van der Waals surface area contributed by atoms with E-state index in [1.165, 1.54) is 27.7 Å². The number of hydrogen-bond acceptors (Lipinski definition) is 2. The number of aryl methyl sites for hydroxylation is 1. The molecule has 2 aromatic carbocycles. The van der Waals surface area contributed by atoms with Gasteiger partial charge in [-0.2, -0.15) is 0 Å². The van der Waals surface area contributed by atoms with Crippen LogP contribution in [-0.4, -0.2) is 35.1 Å². The molecule has 0 saturated heterocycles. The normalized spacial score (nSPS) is 21.9. The lowest BCUT2D eigenvalue weighted by atomic mass is 9.70. The smallest absolute Gasteiger partial charge is 0.303 e. The number of carbonyl (C=O) groups is 1. The van der Waals surface area contributed by atoms with E-state index < -0.39 is 5.97 Å². The molecule has 2 N–H and O–H groups in total. The number of aliphatic carboxylic acids is 1. The molecular formula is C26H32N2O2. The molecule has 4 rings (SSSR count). The quantitative estimate of drug-likeness (QED) is 0.532. The van der Waals surface area contributed by atoms with Gasteiger partial charge in [0.15, 0.2) is 0 Å². The van der Waals surface area contributed by atoms with Crippen LogP contribution in [-0.2, 0) is 16.8 Å². The van der Waals surface area contributed by atoms with Crippen molar-refractivity contribution in [1.82, 2.24) is 9.88 Å². The average molecular weight is 405 g/mol. The van der Waals surface area contributed by atoms with Crippen LogP contribution in [0.2, 0.25) is 0 Å². The number of carboxylic acids is 1. The largest absolute Gasteiger partial charge is 0.481 e. The summed E-state index contributed by atoms with van der Waals surface area (Å²) in [6.45, 7) is 0. The highest BCUT2D eigenvalue weighted by Gasteiger charge is 2.39. The molecule has 0 unspecified atom stereocenters. The van der Waals surface area contributed by atoms with Crippen molar-refractivity contribution in [2.24, 2.45) is 0 Å². The molecule has 1 aliphatic rings. The van der Waals surface area contributed by atoms with Gasteiger partial charge in [0.1, 0.15) is 0 Å². The molecule has 0 amide bonds. The Balaban J connectivity index is 1.60. The first-order chi connectivity index (χ1) is 14.5. The Hall–Kier alpha value is -2.59. The maximum atomic E-state index is 11.0. The van der Waals surface area contributed by atoms with E-state index in [2.05, 4.69) is 78.6 Å². The summed E-state index contributed by atoms with van der Waals surface area (Å²) >= 11 is 0. The molecule has 1 saturated carbocycles. The Kier molecular flexibility index (Phi) is 5.96. The predicted molar refractivity (Wildman–Crippen MR) is 122 cm³/mol. The molecule has 158 valence electrons. The van der Waals surface area contributed by atoms with E-state index in [9.17, 15) is 4.79 Å². The maximum Gasteiger partial charge on any atom is 0.303 e. The standard InChI is InChI=1S/C26H32N2O2/c1-28(2)26(20-9-4-3-5-10-20)17-15-19(16-18-26)25-22(12-8-14-24(29)30)21-11-6-7-13-23(21)27-25/h3-7,9-11,13,19,27H,8,12,14-18H2,1-2H3,(H,29,30). The molecule has 0 spiro atoms. The van der Waals surface area contributed by atoms with Crippen molar-refractivity contribution in [1.29, 1.82) is 0 Å². The van der Waals surface area contributed by atoms with Crippen LogP contribution in [0.4, 0.5) is 0 Å². The zero-order chi connectivity index (χ0) is 21.1. The first kappa shape index (κ1) is 20.7. The van der Waals surface area contributed by atoms with Crippen LogP contribution in [0.1, 0.15) is 61.3 Å². The number of aromatic amines is 1. The van der Waals surface area contributed by atoms with Gasteiger partial charge in [0.2, 0.25) is 0 Å². The number of rotatable bonds is 7. The zero-order valence-corrected chi connectivity index (χ0v) is 18.0. The van der Waals surface area contributed by atoms with Crippen LogP contribution in [0, 0.1) is 0 Å². The molecule has 0 bridgehead atoms. The van der Waals surface area contributed by atoms with E-state index in [1.54, 1.807) is 0 Å². The summed E-state index contributed by atoms with van der Waals surface area (Å²) in [6.07, 6.45) is 6.23.